The Hall–Kier alpha value is -1.58. The molecule has 14 heavy (non-hydrogen) atoms. The Bertz CT molecular complexity index is 418. The minimum Gasteiger partial charge on any atom is -0.465 e. The quantitative estimate of drug-likeness (QED) is 0.657. The number of aromatic nitrogens is 1. The van der Waals surface area contributed by atoms with Crippen LogP contribution in [0.5, 0.6) is 0 Å². The van der Waals surface area contributed by atoms with E-state index in [0.29, 0.717) is 0 Å². The molecule has 1 fully saturated rings. The highest BCUT2D eigenvalue weighted by Gasteiger charge is 2.25. The third kappa shape index (κ3) is 1.43. The van der Waals surface area contributed by atoms with Gasteiger partial charge in [0.05, 0.1) is 7.11 Å². The fourth-order valence-corrected chi connectivity index (χ4v) is 1.42. The molecule has 1 aliphatic carbocycles. The Morgan fingerprint density at radius 2 is 2.29 bits per heavy atom. The third-order valence-electron chi connectivity index (χ3n) is 2.32. The second-order valence-electron chi connectivity index (χ2n) is 3.36. The highest BCUT2D eigenvalue weighted by Crippen LogP contribution is 2.33. The maximum Gasteiger partial charge on any atom is 0.343 e. The van der Waals surface area contributed by atoms with E-state index in [1.807, 2.05) is 0 Å². The Kier molecular flexibility index (Phi) is 2.11. The van der Waals surface area contributed by atoms with Gasteiger partial charge in [-0.1, -0.05) is 0 Å². The average Bonchev–Trinajstić information content (AvgIpc) is 3.01. The highest BCUT2D eigenvalue weighted by molar-refractivity contribution is 5.88. The van der Waals surface area contributed by atoms with Crippen molar-refractivity contribution in [3.63, 3.8) is 0 Å². The van der Waals surface area contributed by atoms with Crippen LogP contribution in [-0.2, 0) is 4.74 Å². The van der Waals surface area contributed by atoms with Crippen molar-refractivity contribution in [2.45, 2.75) is 18.9 Å². The van der Waals surface area contributed by atoms with E-state index in [1.54, 1.807) is 16.8 Å². The number of methoxy groups -OCH3 is 1. The molecule has 0 unspecified atom stereocenters. The van der Waals surface area contributed by atoms with Crippen LogP contribution >= 0.6 is 0 Å². The van der Waals surface area contributed by atoms with E-state index in [2.05, 4.69) is 4.74 Å². The predicted octanol–water partition coefficient (Wildman–Crippen LogP) is 0.970. The number of carbonyl (C=O) groups is 1. The van der Waals surface area contributed by atoms with Gasteiger partial charge in [-0.15, -0.1) is 0 Å². The minimum absolute atomic E-state index is 0.113. The molecule has 74 valence electrons. The van der Waals surface area contributed by atoms with Crippen LogP contribution < -0.4 is 5.56 Å². The third-order valence-corrected chi connectivity index (χ3v) is 2.32. The SMILES string of the molecule is COC(=O)c1cccn(C2CC2)c1=O. The Balaban J connectivity index is 2.46. The van der Waals surface area contributed by atoms with E-state index in [9.17, 15) is 9.59 Å². The lowest BCUT2D eigenvalue weighted by Crippen LogP contribution is -2.25. The fourth-order valence-electron chi connectivity index (χ4n) is 1.42. The summed E-state index contributed by atoms with van der Waals surface area (Å²) >= 11 is 0. The number of nitrogens with zero attached hydrogens (tertiary/aromatic N) is 1. The van der Waals surface area contributed by atoms with Crippen molar-refractivity contribution in [3.8, 4) is 0 Å². The predicted molar refractivity (Wildman–Crippen MR) is 50.3 cm³/mol. The molecule has 0 atom stereocenters. The van der Waals surface area contributed by atoms with Crippen LogP contribution in [0.2, 0.25) is 0 Å². The summed E-state index contributed by atoms with van der Waals surface area (Å²) in [4.78, 5) is 22.9. The number of carbonyl (C=O) groups excluding carboxylic acids is 1. The summed E-state index contributed by atoms with van der Waals surface area (Å²) in [5.74, 6) is -0.565. The maximum absolute atomic E-state index is 11.7. The maximum atomic E-state index is 11.7. The van der Waals surface area contributed by atoms with E-state index in [1.165, 1.54) is 13.2 Å². The molecule has 4 nitrogen and oxygen atoms in total. The van der Waals surface area contributed by atoms with Gasteiger partial charge >= 0.3 is 5.97 Å². The summed E-state index contributed by atoms with van der Waals surface area (Å²) in [6, 6.07) is 3.48. The summed E-state index contributed by atoms with van der Waals surface area (Å²) in [5.41, 5.74) is -0.135. The first-order valence-corrected chi connectivity index (χ1v) is 4.53. The molecular weight excluding hydrogens is 182 g/mol. The number of rotatable bonds is 2. The fraction of sp³-hybridized carbons (Fsp3) is 0.400. The normalized spacial score (nSPS) is 15.2. The van der Waals surface area contributed by atoms with Crippen molar-refractivity contribution >= 4 is 5.97 Å². The van der Waals surface area contributed by atoms with E-state index >= 15 is 0 Å². The lowest BCUT2D eigenvalue weighted by Gasteiger charge is -2.04. The molecule has 1 heterocycles. The van der Waals surface area contributed by atoms with Crippen LogP contribution in [0.4, 0.5) is 0 Å². The summed E-state index contributed by atoms with van der Waals surface area (Å²) in [6.07, 6.45) is 3.75. The summed E-state index contributed by atoms with van der Waals surface area (Å²) < 4.78 is 6.12. The second-order valence-corrected chi connectivity index (χ2v) is 3.36. The van der Waals surface area contributed by atoms with Crippen molar-refractivity contribution in [2.24, 2.45) is 0 Å². The van der Waals surface area contributed by atoms with Gasteiger partial charge in [-0.05, 0) is 25.0 Å². The second kappa shape index (κ2) is 3.29. The van der Waals surface area contributed by atoms with Gasteiger partial charge < -0.3 is 9.30 Å². The van der Waals surface area contributed by atoms with Crippen molar-refractivity contribution in [2.75, 3.05) is 7.11 Å². The molecule has 0 saturated heterocycles. The number of hydrogen-bond acceptors (Lipinski definition) is 3. The number of esters is 1. The Labute approximate surface area is 81.1 Å². The van der Waals surface area contributed by atoms with Crippen LogP contribution in [0.25, 0.3) is 0 Å². The molecule has 0 N–H and O–H groups in total. The zero-order chi connectivity index (χ0) is 10.1. The summed E-state index contributed by atoms with van der Waals surface area (Å²) in [7, 11) is 1.27. The number of hydrogen-bond donors (Lipinski definition) is 0. The zero-order valence-electron chi connectivity index (χ0n) is 7.90. The average molecular weight is 193 g/mol. The molecule has 0 amide bonds. The van der Waals surface area contributed by atoms with E-state index in [0.717, 1.165) is 12.8 Å². The number of pyridine rings is 1. The molecule has 2 rings (SSSR count). The molecule has 1 aliphatic rings. The molecule has 0 aromatic carbocycles. The standard InChI is InChI=1S/C10H11NO3/c1-14-10(13)8-3-2-6-11(9(8)12)7-4-5-7/h2-3,6-7H,4-5H2,1H3. The van der Waals surface area contributed by atoms with Crippen LogP contribution in [0, 0.1) is 0 Å². The van der Waals surface area contributed by atoms with Gasteiger partial charge in [0.25, 0.3) is 5.56 Å². The molecule has 1 aromatic heterocycles. The van der Waals surface area contributed by atoms with Crippen molar-refractivity contribution in [1.82, 2.24) is 4.57 Å². The topological polar surface area (TPSA) is 48.3 Å². The molecule has 4 heteroatoms. The first-order chi connectivity index (χ1) is 6.74. The minimum atomic E-state index is -0.565. The van der Waals surface area contributed by atoms with E-state index in [-0.39, 0.29) is 17.2 Å². The van der Waals surface area contributed by atoms with Gasteiger partial charge in [0.2, 0.25) is 0 Å². The van der Waals surface area contributed by atoms with Crippen LogP contribution in [0.1, 0.15) is 29.2 Å². The largest absolute Gasteiger partial charge is 0.465 e. The van der Waals surface area contributed by atoms with Crippen molar-refractivity contribution < 1.29 is 9.53 Å². The summed E-state index contributed by atoms with van der Waals surface area (Å²) in [6.45, 7) is 0. The molecule has 0 bridgehead atoms. The highest BCUT2D eigenvalue weighted by atomic mass is 16.5. The number of ether oxygens (including phenoxy) is 1. The smallest absolute Gasteiger partial charge is 0.343 e. The van der Waals surface area contributed by atoms with Crippen LogP contribution in [0.15, 0.2) is 23.1 Å². The van der Waals surface area contributed by atoms with Gasteiger partial charge in [-0.25, -0.2) is 4.79 Å². The van der Waals surface area contributed by atoms with Crippen molar-refractivity contribution in [1.29, 1.82) is 0 Å². The first-order valence-electron chi connectivity index (χ1n) is 4.53. The van der Waals surface area contributed by atoms with Gasteiger partial charge in [0, 0.05) is 12.2 Å². The van der Waals surface area contributed by atoms with Crippen molar-refractivity contribution in [3.05, 3.63) is 34.2 Å². The Morgan fingerprint density at radius 3 is 2.86 bits per heavy atom. The molecule has 1 aromatic rings. The molecule has 0 radical (unpaired) electrons. The Morgan fingerprint density at radius 1 is 1.57 bits per heavy atom. The summed E-state index contributed by atoms with van der Waals surface area (Å²) in [5, 5.41) is 0. The van der Waals surface area contributed by atoms with E-state index in [4.69, 9.17) is 0 Å². The zero-order valence-corrected chi connectivity index (χ0v) is 7.90. The van der Waals surface area contributed by atoms with E-state index < -0.39 is 5.97 Å². The molecular formula is C10H11NO3. The lowest BCUT2D eigenvalue weighted by atomic mass is 10.3. The van der Waals surface area contributed by atoms with Crippen LogP contribution in [-0.4, -0.2) is 17.6 Å². The van der Waals surface area contributed by atoms with Crippen LogP contribution in [0.3, 0.4) is 0 Å². The molecule has 1 saturated carbocycles. The van der Waals surface area contributed by atoms with Gasteiger partial charge in [-0.3, -0.25) is 4.79 Å². The van der Waals surface area contributed by atoms with Gasteiger partial charge in [-0.2, -0.15) is 0 Å². The first kappa shape index (κ1) is 8.99. The monoisotopic (exact) mass is 193 g/mol. The molecule has 0 aliphatic heterocycles. The van der Waals surface area contributed by atoms with Gasteiger partial charge in [0.15, 0.2) is 0 Å². The van der Waals surface area contributed by atoms with Gasteiger partial charge in [0.1, 0.15) is 5.56 Å². The lowest BCUT2D eigenvalue weighted by molar-refractivity contribution is 0.0598. The molecule has 0 spiro atoms.